The molecule has 1 aromatic carbocycles. The van der Waals surface area contributed by atoms with Gasteiger partial charge in [0, 0.05) is 14.6 Å². The zero-order chi connectivity index (χ0) is 11.4. The van der Waals surface area contributed by atoms with E-state index in [0.29, 0.717) is 11.2 Å². The second kappa shape index (κ2) is 5.58. The molecule has 0 saturated heterocycles. The first kappa shape index (κ1) is 12.6. The lowest BCUT2D eigenvalue weighted by Gasteiger charge is -2.15. The SMILES string of the molecule is CC(C)C(C)Sc1ccc(Br)cc1C#N. The Kier molecular flexibility index (Phi) is 4.69. The van der Waals surface area contributed by atoms with Crippen LogP contribution in [0.3, 0.4) is 0 Å². The number of thioether (sulfide) groups is 1. The van der Waals surface area contributed by atoms with E-state index in [-0.39, 0.29) is 0 Å². The largest absolute Gasteiger partial charge is 0.192 e. The highest BCUT2D eigenvalue weighted by molar-refractivity contribution is 9.10. The van der Waals surface area contributed by atoms with Gasteiger partial charge >= 0.3 is 0 Å². The zero-order valence-corrected chi connectivity index (χ0v) is 11.5. The summed E-state index contributed by atoms with van der Waals surface area (Å²) in [5.41, 5.74) is 0.752. The van der Waals surface area contributed by atoms with Gasteiger partial charge in [-0.15, -0.1) is 11.8 Å². The average Bonchev–Trinajstić information content (AvgIpc) is 2.20. The van der Waals surface area contributed by atoms with Crippen LogP contribution < -0.4 is 0 Å². The molecule has 0 heterocycles. The first-order valence-corrected chi connectivity index (χ1v) is 6.58. The Morgan fingerprint density at radius 2 is 2.00 bits per heavy atom. The summed E-state index contributed by atoms with van der Waals surface area (Å²) in [6, 6.07) is 8.09. The van der Waals surface area contributed by atoms with E-state index in [1.165, 1.54) is 0 Å². The fourth-order valence-electron chi connectivity index (χ4n) is 1.03. The minimum atomic E-state index is 0.526. The highest BCUT2D eigenvalue weighted by Crippen LogP contribution is 2.31. The third kappa shape index (κ3) is 3.55. The van der Waals surface area contributed by atoms with Crippen molar-refractivity contribution >= 4 is 27.7 Å². The molecule has 0 saturated carbocycles. The number of nitriles is 1. The number of rotatable bonds is 3. The summed E-state index contributed by atoms with van der Waals surface area (Å²) in [5, 5.41) is 9.54. The van der Waals surface area contributed by atoms with E-state index in [0.717, 1.165) is 14.9 Å². The van der Waals surface area contributed by atoms with Gasteiger partial charge in [-0.3, -0.25) is 0 Å². The molecule has 1 rings (SSSR count). The van der Waals surface area contributed by atoms with Crippen molar-refractivity contribution in [3.8, 4) is 6.07 Å². The van der Waals surface area contributed by atoms with E-state index < -0.39 is 0 Å². The second-order valence-electron chi connectivity index (χ2n) is 3.82. The summed E-state index contributed by atoms with van der Waals surface area (Å²) < 4.78 is 0.959. The lowest BCUT2D eigenvalue weighted by molar-refractivity contribution is 0.642. The fraction of sp³-hybridized carbons (Fsp3) is 0.417. The summed E-state index contributed by atoms with van der Waals surface area (Å²) >= 11 is 5.14. The zero-order valence-electron chi connectivity index (χ0n) is 9.12. The Morgan fingerprint density at radius 1 is 1.33 bits per heavy atom. The van der Waals surface area contributed by atoms with Crippen LogP contribution in [0.2, 0.25) is 0 Å². The minimum Gasteiger partial charge on any atom is -0.192 e. The van der Waals surface area contributed by atoms with E-state index in [1.807, 2.05) is 18.2 Å². The third-order valence-electron chi connectivity index (χ3n) is 2.31. The summed E-state index contributed by atoms with van der Waals surface area (Å²) in [6.45, 7) is 6.59. The monoisotopic (exact) mass is 283 g/mol. The topological polar surface area (TPSA) is 23.8 Å². The quantitative estimate of drug-likeness (QED) is 0.765. The van der Waals surface area contributed by atoms with Gasteiger partial charge in [0.05, 0.1) is 5.56 Å². The molecule has 0 aliphatic heterocycles. The molecular weight excluding hydrogens is 270 g/mol. The Morgan fingerprint density at radius 3 is 2.53 bits per heavy atom. The summed E-state index contributed by atoms with van der Waals surface area (Å²) in [4.78, 5) is 1.07. The molecule has 1 atom stereocenters. The minimum absolute atomic E-state index is 0.526. The normalized spacial score (nSPS) is 12.5. The van der Waals surface area contributed by atoms with Crippen molar-refractivity contribution in [2.24, 2.45) is 5.92 Å². The number of hydrogen-bond acceptors (Lipinski definition) is 2. The summed E-state index contributed by atoms with van der Waals surface area (Å²) in [5.74, 6) is 0.616. The molecule has 0 fully saturated rings. The van der Waals surface area contributed by atoms with Gasteiger partial charge in [0.2, 0.25) is 0 Å². The fourth-order valence-corrected chi connectivity index (χ4v) is 2.44. The standard InChI is InChI=1S/C12H14BrNS/c1-8(2)9(3)15-12-5-4-11(13)6-10(12)7-14/h4-6,8-9H,1-3H3. The molecule has 0 bridgehead atoms. The molecule has 0 radical (unpaired) electrons. The average molecular weight is 284 g/mol. The van der Waals surface area contributed by atoms with E-state index in [4.69, 9.17) is 5.26 Å². The van der Waals surface area contributed by atoms with E-state index in [9.17, 15) is 0 Å². The van der Waals surface area contributed by atoms with Crippen molar-refractivity contribution in [1.82, 2.24) is 0 Å². The van der Waals surface area contributed by atoms with Crippen LogP contribution in [0.25, 0.3) is 0 Å². The lowest BCUT2D eigenvalue weighted by Crippen LogP contribution is -2.05. The van der Waals surface area contributed by atoms with Gasteiger partial charge in [-0.05, 0) is 24.1 Å². The first-order valence-electron chi connectivity index (χ1n) is 4.91. The molecule has 80 valence electrons. The molecule has 1 nitrogen and oxygen atoms in total. The Labute approximate surface area is 104 Å². The molecule has 0 amide bonds. The Bertz CT molecular complexity index is 382. The molecule has 15 heavy (non-hydrogen) atoms. The van der Waals surface area contributed by atoms with Gasteiger partial charge < -0.3 is 0 Å². The molecule has 1 unspecified atom stereocenters. The number of benzene rings is 1. The highest BCUT2D eigenvalue weighted by atomic mass is 79.9. The van der Waals surface area contributed by atoms with Crippen LogP contribution in [0.5, 0.6) is 0 Å². The van der Waals surface area contributed by atoms with Crippen molar-refractivity contribution in [1.29, 1.82) is 5.26 Å². The van der Waals surface area contributed by atoms with Crippen molar-refractivity contribution < 1.29 is 0 Å². The van der Waals surface area contributed by atoms with Gasteiger partial charge in [-0.25, -0.2) is 0 Å². The second-order valence-corrected chi connectivity index (χ2v) is 6.15. The Hall–Kier alpha value is -0.460. The maximum Gasteiger partial charge on any atom is 0.100 e. The maximum absolute atomic E-state index is 9.01. The van der Waals surface area contributed by atoms with Crippen LogP contribution in [-0.4, -0.2) is 5.25 Å². The molecule has 0 aliphatic carbocycles. The number of hydrogen-bond donors (Lipinski definition) is 0. The van der Waals surface area contributed by atoms with Crippen molar-refractivity contribution in [2.45, 2.75) is 30.9 Å². The van der Waals surface area contributed by atoms with E-state index in [2.05, 4.69) is 42.8 Å². The first-order chi connectivity index (χ1) is 7.04. The lowest BCUT2D eigenvalue weighted by atomic mass is 10.2. The molecule has 0 aliphatic rings. The van der Waals surface area contributed by atoms with Crippen LogP contribution in [-0.2, 0) is 0 Å². The van der Waals surface area contributed by atoms with Gasteiger partial charge in [0.25, 0.3) is 0 Å². The molecule has 0 aromatic heterocycles. The maximum atomic E-state index is 9.01. The summed E-state index contributed by atoms with van der Waals surface area (Å²) in [6.07, 6.45) is 0. The van der Waals surface area contributed by atoms with E-state index >= 15 is 0 Å². The van der Waals surface area contributed by atoms with Gasteiger partial charge in [-0.2, -0.15) is 5.26 Å². The predicted molar refractivity (Wildman–Crippen MR) is 69.0 cm³/mol. The summed E-state index contributed by atoms with van der Waals surface area (Å²) in [7, 11) is 0. The van der Waals surface area contributed by atoms with E-state index in [1.54, 1.807) is 11.8 Å². The van der Waals surface area contributed by atoms with Gasteiger partial charge in [0.1, 0.15) is 6.07 Å². The van der Waals surface area contributed by atoms with Gasteiger partial charge in [-0.1, -0.05) is 36.7 Å². The van der Waals surface area contributed by atoms with Crippen LogP contribution >= 0.6 is 27.7 Å². The van der Waals surface area contributed by atoms with Crippen molar-refractivity contribution in [3.63, 3.8) is 0 Å². The van der Waals surface area contributed by atoms with Crippen LogP contribution in [0.4, 0.5) is 0 Å². The predicted octanol–water partition coefficient (Wildman–Crippen LogP) is 4.46. The molecule has 3 heteroatoms. The number of halogens is 1. The third-order valence-corrected chi connectivity index (χ3v) is 4.33. The van der Waals surface area contributed by atoms with Crippen molar-refractivity contribution in [2.75, 3.05) is 0 Å². The van der Waals surface area contributed by atoms with Crippen LogP contribution in [0.15, 0.2) is 27.6 Å². The van der Waals surface area contributed by atoms with Crippen LogP contribution in [0.1, 0.15) is 26.3 Å². The smallest absolute Gasteiger partial charge is 0.100 e. The van der Waals surface area contributed by atoms with Crippen molar-refractivity contribution in [3.05, 3.63) is 28.2 Å². The molecule has 1 aromatic rings. The number of nitrogens with zero attached hydrogens (tertiary/aromatic N) is 1. The highest BCUT2D eigenvalue weighted by Gasteiger charge is 2.11. The Balaban J connectivity index is 2.91. The van der Waals surface area contributed by atoms with Crippen LogP contribution in [0, 0.1) is 17.2 Å². The molecular formula is C12H14BrNS. The molecule has 0 N–H and O–H groups in total. The molecule has 0 spiro atoms. The van der Waals surface area contributed by atoms with Gasteiger partial charge in [0.15, 0.2) is 0 Å².